The van der Waals surface area contributed by atoms with Gasteiger partial charge in [0.05, 0.1) is 0 Å². The van der Waals surface area contributed by atoms with Gasteiger partial charge in [-0.25, -0.2) is 15.0 Å². The molecule has 0 radical (unpaired) electrons. The summed E-state index contributed by atoms with van der Waals surface area (Å²) in [6, 6.07) is 3.99. The number of hydrogen-bond donors (Lipinski definition) is 2. The predicted molar refractivity (Wildman–Crippen MR) is 117 cm³/mol. The van der Waals surface area contributed by atoms with Gasteiger partial charge in [0.15, 0.2) is 33.6 Å². The van der Waals surface area contributed by atoms with Gasteiger partial charge in [-0.3, -0.25) is 0 Å². The zero-order valence-electron chi connectivity index (χ0n) is 15.4. The molecule has 0 saturated heterocycles. The van der Waals surface area contributed by atoms with Crippen LogP contribution in [0.4, 0.5) is 5.82 Å². The lowest BCUT2D eigenvalue weighted by Gasteiger charge is -2.10. The third kappa shape index (κ3) is 3.98. The molecule has 0 bridgehead atoms. The largest absolute Gasteiger partial charge is 0.454 e. The molecule has 0 spiro atoms. The van der Waals surface area contributed by atoms with E-state index in [1.54, 1.807) is 11.8 Å². The smallest absolute Gasteiger partial charge is 0.231 e. The molecule has 0 amide bonds. The van der Waals surface area contributed by atoms with E-state index in [9.17, 15) is 0 Å². The molecule has 3 aromatic rings. The highest BCUT2D eigenvalue weighted by molar-refractivity contribution is 14.1. The number of unbranched alkanes of at least 4 members (excludes halogenated alkanes) is 1. The second-order valence-corrected chi connectivity index (χ2v) is 8.45. The number of nitrogens with two attached hydrogens (primary N) is 1. The Morgan fingerprint density at radius 2 is 2.07 bits per heavy atom. The maximum atomic E-state index is 6.05. The first-order chi connectivity index (χ1) is 13.7. The van der Waals surface area contributed by atoms with E-state index in [-0.39, 0.29) is 6.79 Å². The molecule has 0 atom stereocenters. The highest BCUT2D eigenvalue weighted by Crippen LogP contribution is 2.41. The molecule has 8 nitrogen and oxygen atoms in total. The van der Waals surface area contributed by atoms with Crippen molar-refractivity contribution < 1.29 is 9.47 Å². The van der Waals surface area contributed by atoms with Crippen molar-refractivity contribution in [2.24, 2.45) is 0 Å². The van der Waals surface area contributed by atoms with Crippen LogP contribution < -0.4 is 20.5 Å². The van der Waals surface area contributed by atoms with Crippen LogP contribution in [0.25, 0.3) is 11.2 Å². The molecule has 0 unspecified atom stereocenters. The Morgan fingerprint density at radius 1 is 1.25 bits per heavy atom. The Kier molecular flexibility index (Phi) is 6.07. The minimum absolute atomic E-state index is 0.260. The average molecular weight is 512 g/mol. The number of halogens is 1. The SMILES string of the molecule is CCNCCCCn1c(Sc2cc3c(cc2I)OCO3)nc2c(N)ncnc21. The summed E-state index contributed by atoms with van der Waals surface area (Å²) in [5.74, 6) is 1.94. The fraction of sp³-hybridized carbons (Fsp3) is 0.389. The van der Waals surface area contributed by atoms with Crippen molar-refractivity contribution >= 4 is 51.3 Å². The van der Waals surface area contributed by atoms with E-state index in [0.717, 1.165) is 63.2 Å². The van der Waals surface area contributed by atoms with Gasteiger partial charge in [-0.2, -0.15) is 0 Å². The molecular weight excluding hydrogens is 491 g/mol. The lowest BCUT2D eigenvalue weighted by atomic mass is 10.3. The number of ether oxygens (including phenoxy) is 2. The molecule has 28 heavy (non-hydrogen) atoms. The molecule has 1 aliphatic heterocycles. The van der Waals surface area contributed by atoms with Crippen LogP contribution in [0.15, 0.2) is 28.5 Å². The Morgan fingerprint density at radius 3 is 2.89 bits per heavy atom. The Balaban J connectivity index is 1.64. The number of fused-ring (bicyclic) bond motifs is 2. The Bertz CT molecular complexity index is 996. The minimum atomic E-state index is 0.260. The Labute approximate surface area is 180 Å². The van der Waals surface area contributed by atoms with Gasteiger partial charge in [-0.15, -0.1) is 0 Å². The van der Waals surface area contributed by atoms with Crippen LogP contribution in [-0.2, 0) is 6.54 Å². The standard InChI is InChI=1S/C18H21IN6O2S/c1-2-21-5-3-4-6-25-17-15(16(20)22-9-23-17)24-18(25)28-14-8-13-12(7-11(14)19)26-10-27-13/h7-9,21H,2-6,10H2,1H3,(H2,20,22,23). The molecule has 0 aliphatic carbocycles. The number of anilines is 1. The van der Waals surface area contributed by atoms with Crippen molar-refractivity contribution in [1.82, 2.24) is 24.8 Å². The molecule has 0 fully saturated rings. The molecule has 2 aromatic heterocycles. The van der Waals surface area contributed by atoms with Crippen LogP contribution in [0.1, 0.15) is 19.8 Å². The summed E-state index contributed by atoms with van der Waals surface area (Å²) >= 11 is 3.89. The molecule has 3 N–H and O–H groups in total. The lowest BCUT2D eigenvalue weighted by molar-refractivity contribution is 0.174. The van der Waals surface area contributed by atoms with Gasteiger partial charge >= 0.3 is 0 Å². The number of aromatic nitrogens is 4. The predicted octanol–water partition coefficient (Wildman–Crippen LogP) is 3.28. The number of imidazole rings is 1. The van der Waals surface area contributed by atoms with Crippen molar-refractivity contribution in [2.75, 3.05) is 25.6 Å². The van der Waals surface area contributed by atoms with Gasteiger partial charge in [-0.05, 0) is 60.7 Å². The summed E-state index contributed by atoms with van der Waals surface area (Å²) in [5.41, 5.74) is 7.46. The zero-order valence-corrected chi connectivity index (χ0v) is 18.4. The van der Waals surface area contributed by atoms with E-state index in [1.807, 2.05) is 12.1 Å². The van der Waals surface area contributed by atoms with Gasteiger partial charge in [0, 0.05) is 15.0 Å². The first-order valence-electron chi connectivity index (χ1n) is 9.11. The van der Waals surface area contributed by atoms with E-state index in [2.05, 4.69) is 49.4 Å². The van der Waals surface area contributed by atoms with Gasteiger partial charge in [0.1, 0.15) is 6.33 Å². The summed E-state index contributed by atoms with van der Waals surface area (Å²) in [7, 11) is 0. The van der Waals surface area contributed by atoms with Gasteiger partial charge in [0.25, 0.3) is 0 Å². The topological polar surface area (TPSA) is 100 Å². The summed E-state index contributed by atoms with van der Waals surface area (Å²) in [5, 5.41) is 4.21. The number of rotatable bonds is 8. The van der Waals surface area contributed by atoms with Crippen LogP contribution in [0.2, 0.25) is 0 Å². The van der Waals surface area contributed by atoms with Crippen LogP contribution >= 0.6 is 34.4 Å². The molecule has 10 heteroatoms. The number of benzene rings is 1. The maximum absolute atomic E-state index is 6.05. The van der Waals surface area contributed by atoms with E-state index < -0.39 is 0 Å². The normalized spacial score (nSPS) is 12.8. The summed E-state index contributed by atoms with van der Waals surface area (Å²) in [6.07, 6.45) is 3.60. The maximum Gasteiger partial charge on any atom is 0.231 e. The number of nitrogen functional groups attached to an aromatic ring is 1. The molecule has 148 valence electrons. The number of hydrogen-bond acceptors (Lipinski definition) is 8. The number of nitrogens with zero attached hydrogens (tertiary/aromatic N) is 4. The van der Waals surface area contributed by atoms with Crippen molar-refractivity contribution in [3.05, 3.63) is 22.0 Å². The second kappa shape index (κ2) is 8.70. The zero-order chi connectivity index (χ0) is 19.5. The lowest BCUT2D eigenvalue weighted by Crippen LogP contribution is -2.14. The average Bonchev–Trinajstić information content (AvgIpc) is 3.27. The molecule has 1 aromatic carbocycles. The summed E-state index contributed by atoms with van der Waals surface area (Å²) in [6.45, 7) is 5.19. The first kappa shape index (κ1) is 19.5. The van der Waals surface area contributed by atoms with Crippen molar-refractivity contribution in [2.45, 2.75) is 36.4 Å². The van der Waals surface area contributed by atoms with Gasteiger partial charge in [-0.1, -0.05) is 18.7 Å². The third-order valence-corrected chi connectivity index (χ3v) is 6.70. The van der Waals surface area contributed by atoms with Crippen LogP contribution in [-0.4, -0.2) is 39.4 Å². The van der Waals surface area contributed by atoms with Crippen molar-refractivity contribution in [1.29, 1.82) is 0 Å². The Hall–Kier alpha value is -1.79. The van der Waals surface area contributed by atoms with Crippen molar-refractivity contribution in [3.63, 3.8) is 0 Å². The molecule has 1 aliphatic rings. The fourth-order valence-corrected chi connectivity index (χ4v) is 4.70. The van der Waals surface area contributed by atoms with E-state index >= 15 is 0 Å². The molecule has 0 saturated carbocycles. The summed E-state index contributed by atoms with van der Waals surface area (Å²) in [4.78, 5) is 14.3. The second-order valence-electron chi connectivity index (χ2n) is 6.28. The molecule has 3 heterocycles. The highest BCUT2D eigenvalue weighted by Gasteiger charge is 2.20. The van der Waals surface area contributed by atoms with Crippen molar-refractivity contribution in [3.8, 4) is 11.5 Å². The van der Waals surface area contributed by atoms with Crippen LogP contribution in [0.5, 0.6) is 11.5 Å². The highest BCUT2D eigenvalue weighted by atomic mass is 127. The van der Waals surface area contributed by atoms with Crippen LogP contribution in [0.3, 0.4) is 0 Å². The molecular formula is C18H21IN6O2S. The third-order valence-electron chi connectivity index (χ3n) is 4.39. The fourth-order valence-electron chi connectivity index (χ4n) is 2.99. The monoisotopic (exact) mass is 512 g/mol. The van der Waals surface area contributed by atoms with Crippen LogP contribution in [0, 0.1) is 3.57 Å². The minimum Gasteiger partial charge on any atom is -0.454 e. The van der Waals surface area contributed by atoms with E-state index in [1.165, 1.54) is 6.33 Å². The molecule has 4 rings (SSSR count). The van der Waals surface area contributed by atoms with E-state index in [0.29, 0.717) is 11.3 Å². The van der Waals surface area contributed by atoms with E-state index in [4.69, 9.17) is 20.2 Å². The quantitative estimate of drug-likeness (QED) is 0.351. The number of aryl methyl sites for hydroxylation is 1. The summed E-state index contributed by atoms with van der Waals surface area (Å²) < 4.78 is 14.2. The first-order valence-corrected chi connectivity index (χ1v) is 11.0. The number of nitrogens with one attached hydrogen (secondary N) is 1. The van der Waals surface area contributed by atoms with Gasteiger partial charge < -0.3 is 25.1 Å². The van der Waals surface area contributed by atoms with Gasteiger partial charge in [0.2, 0.25) is 6.79 Å².